The lowest BCUT2D eigenvalue weighted by Crippen LogP contribution is -2.43. The Bertz CT molecular complexity index is 610. The molecule has 1 fully saturated rings. The van der Waals surface area contributed by atoms with Crippen molar-refractivity contribution in [3.05, 3.63) is 35.4 Å². The molecule has 0 aromatic heterocycles. The molecule has 1 amide bonds. The van der Waals surface area contributed by atoms with Crippen LogP contribution in [0.5, 0.6) is 0 Å². The van der Waals surface area contributed by atoms with Gasteiger partial charge < -0.3 is 10.1 Å². The second kappa shape index (κ2) is 8.36. The fourth-order valence-electron chi connectivity index (χ4n) is 3.26. The quantitative estimate of drug-likeness (QED) is 0.793. The molecule has 0 heterocycles. The Morgan fingerprint density at radius 1 is 1.24 bits per heavy atom. The average Bonchev–Trinajstić information content (AvgIpc) is 3.05. The van der Waals surface area contributed by atoms with Gasteiger partial charge in [0.25, 0.3) is 0 Å². The molecule has 1 aliphatic rings. The molecule has 1 atom stereocenters. The van der Waals surface area contributed by atoms with Crippen molar-refractivity contribution < 1.29 is 27.5 Å². The van der Waals surface area contributed by atoms with Crippen molar-refractivity contribution in [3.63, 3.8) is 0 Å². The lowest BCUT2D eigenvalue weighted by Gasteiger charge is -2.20. The number of halogens is 3. The van der Waals surface area contributed by atoms with Gasteiger partial charge in [-0.2, -0.15) is 13.2 Å². The van der Waals surface area contributed by atoms with E-state index in [1.807, 2.05) is 0 Å². The average molecular weight is 357 g/mol. The summed E-state index contributed by atoms with van der Waals surface area (Å²) in [5, 5.41) is 2.54. The molecule has 0 bridgehead atoms. The zero-order valence-corrected chi connectivity index (χ0v) is 14.1. The summed E-state index contributed by atoms with van der Waals surface area (Å²) >= 11 is 0. The number of esters is 1. The maximum absolute atomic E-state index is 13.1. The van der Waals surface area contributed by atoms with Crippen LogP contribution in [-0.4, -0.2) is 25.0 Å². The maximum atomic E-state index is 13.1. The summed E-state index contributed by atoms with van der Waals surface area (Å²) in [4.78, 5) is 24.1. The molecule has 25 heavy (non-hydrogen) atoms. The Hall–Kier alpha value is -2.05. The molecular weight excluding hydrogens is 335 g/mol. The number of carbonyl (C=O) groups is 2. The van der Waals surface area contributed by atoms with E-state index < -0.39 is 23.8 Å². The normalized spacial score (nSPS) is 16.5. The molecule has 2 rings (SSSR count). The van der Waals surface area contributed by atoms with Gasteiger partial charge >= 0.3 is 12.1 Å². The van der Waals surface area contributed by atoms with Crippen LogP contribution in [0, 0.1) is 5.92 Å². The van der Waals surface area contributed by atoms with Gasteiger partial charge in [0.15, 0.2) is 0 Å². The van der Waals surface area contributed by atoms with Gasteiger partial charge in [-0.25, -0.2) is 4.79 Å². The van der Waals surface area contributed by atoms with Crippen LogP contribution >= 0.6 is 0 Å². The van der Waals surface area contributed by atoms with E-state index >= 15 is 0 Å². The largest absolute Gasteiger partial charge is 0.467 e. The van der Waals surface area contributed by atoms with E-state index in [0.717, 1.165) is 38.9 Å². The number of hydrogen-bond acceptors (Lipinski definition) is 3. The van der Waals surface area contributed by atoms with Gasteiger partial charge in [-0.1, -0.05) is 31.0 Å². The van der Waals surface area contributed by atoms with Gasteiger partial charge in [-0.3, -0.25) is 4.79 Å². The Kier molecular flexibility index (Phi) is 6.45. The second-order valence-corrected chi connectivity index (χ2v) is 6.36. The van der Waals surface area contributed by atoms with E-state index in [9.17, 15) is 22.8 Å². The van der Waals surface area contributed by atoms with Gasteiger partial charge in [0.2, 0.25) is 5.91 Å². The lowest BCUT2D eigenvalue weighted by atomic mass is 9.99. The molecular formula is C18H22F3NO3. The molecule has 1 N–H and O–H groups in total. The predicted molar refractivity (Wildman–Crippen MR) is 85.7 cm³/mol. The Morgan fingerprint density at radius 3 is 2.48 bits per heavy atom. The summed E-state index contributed by atoms with van der Waals surface area (Å²) in [5.41, 5.74) is -0.861. The molecule has 1 aromatic carbocycles. The number of carbonyl (C=O) groups excluding carboxylic acids is 2. The summed E-state index contributed by atoms with van der Waals surface area (Å²) < 4.78 is 44.0. The fourth-order valence-corrected chi connectivity index (χ4v) is 3.26. The SMILES string of the molecule is COC(=O)[C@@H](Cc1ccccc1C(F)(F)F)NC(=O)CC1CCCC1. The van der Waals surface area contributed by atoms with Gasteiger partial charge in [0.05, 0.1) is 12.7 Å². The minimum absolute atomic E-state index is 0.0495. The van der Waals surface area contributed by atoms with E-state index in [1.54, 1.807) is 0 Å². The standard InChI is InChI=1S/C18H22F3NO3/c1-25-17(24)15(22-16(23)10-12-6-2-3-7-12)11-13-8-4-5-9-14(13)18(19,20)21/h4-5,8-9,12,15H,2-3,6-7,10-11H2,1H3,(H,22,23)/t15-/m1/s1. The van der Waals surface area contributed by atoms with Crippen molar-refractivity contribution in [2.45, 2.75) is 50.7 Å². The summed E-state index contributed by atoms with van der Waals surface area (Å²) in [6.07, 6.45) is -0.409. The van der Waals surface area contributed by atoms with Crippen LogP contribution in [0.25, 0.3) is 0 Å². The number of rotatable bonds is 6. The third-order valence-corrected chi connectivity index (χ3v) is 4.52. The molecule has 138 valence electrons. The summed E-state index contributed by atoms with van der Waals surface area (Å²) in [6.45, 7) is 0. The minimum Gasteiger partial charge on any atom is -0.467 e. The third-order valence-electron chi connectivity index (χ3n) is 4.52. The van der Waals surface area contributed by atoms with Crippen LogP contribution in [0.4, 0.5) is 13.2 Å². The number of nitrogens with one attached hydrogen (secondary N) is 1. The molecule has 0 radical (unpaired) electrons. The zero-order valence-electron chi connectivity index (χ0n) is 14.1. The summed E-state index contributed by atoms with van der Waals surface area (Å²) in [6, 6.07) is 3.89. The van der Waals surface area contributed by atoms with Gasteiger partial charge in [0.1, 0.15) is 6.04 Å². The van der Waals surface area contributed by atoms with Crippen molar-refractivity contribution in [2.75, 3.05) is 7.11 Å². The first kappa shape index (κ1) is 19.3. The first-order chi connectivity index (χ1) is 11.8. The van der Waals surface area contributed by atoms with Crippen LogP contribution in [0.15, 0.2) is 24.3 Å². The van der Waals surface area contributed by atoms with E-state index in [2.05, 4.69) is 10.1 Å². The molecule has 1 aromatic rings. The van der Waals surface area contributed by atoms with Crippen LogP contribution in [0.2, 0.25) is 0 Å². The summed E-state index contributed by atoms with van der Waals surface area (Å²) in [7, 11) is 1.15. The van der Waals surface area contributed by atoms with Gasteiger partial charge in [0, 0.05) is 12.8 Å². The second-order valence-electron chi connectivity index (χ2n) is 6.36. The van der Waals surface area contributed by atoms with Crippen LogP contribution < -0.4 is 5.32 Å². The van der Waals surface area contributed by atoms with E-state index in [-0.39, 0.29) is 30.2 Å². The Balaban J connectivity index is 2.10. The highest BCUT2D eigenvalue weighted by Gasteiger charge is 2.34. The lowest BCUT2D eigenvalue weighted by molar-refractivity contribution is -0.145. The van der Waals surface area contributed by atoms with Crippen molar-refractivity contribution in [2.24, 2.45) is 5.92 Å². The summed E-state index contributed by atoms with van der Waals surface area (Å²) in [5.74, 6) is -0.802. The number of alkyl halides is 3. The maximum Gasteiger partial charge on any atom is 0.416 e. The molecule has 1 saturated carbocycles. The highest BCUT2D eigenvalue weighted by atomic mass is 19.4. The zero-order chi connectivity index (χ0) is 18.4. The molecule has 7 heteroatoms. The molecule has 0 unspecified atom stereocenters. The number of methoxy groups -OCH3 is 1. The predicted octanol–water partition coefficient (Wildman–Crippen LogP) is 3.49. The number of hydrogen-bond donors (Lipinski definition) is 1. The Labute approximate surface area is 144 Å². The number of benzene rings is 1. The molecule has 0 saturated heterocycles. The van der Waals surface area contributed by atoms with Gasteiger partial charge in [-0.15, -0.1) is 0 Å². The van der Waals surface area contributed by atoms with E-state index in [1.165, 1.54) is 18.2 Å². The Morgan fingerprint density at radius 2 is 1.88 bits per heavy atom. The fraction of sp³-hybridized carbons (Fsp3) is 0.556. The van der Waals surface area contributed by atoms with Crippen molar-refractivity contribution in [1.82, 2.24) is 5.32 Å². The topological polar surface area (TPSA) is 55.4 Å². The van der Waals surface area contributed by atoms with E-state index in [0.29, 0.717) is 0 Å². The van der Waals surface area contributed by atoms with Gasteiger partial charge in [-0.05, 0) is 30.4 Å². The van der Waals surface area contributed by atoms with E-state index in [4.69, 9.17) is 0 Å². The van der Waals surface area contributed by atoms with Crippen LogP contribution in [0.1, 0.15) is 43.2 Å². The van der Waals surface area contributed by atoms with Crippen molar-refractivity contribution in [3.8, 4) is 0 Å². The molecule has 0 aliphatic heterocycles. The molecule has 1 aliphatic carbocycles. The number of ether oxygens (including phenoxy) is 1. The monoisotopic (exact) mass is 357 g/mol. The van der Waals surface area contributed by atoms with Crippen LogP contribution in [0.3, 0.4) is 0 Å². The highest BCUT2D eigenvalue weighted by Crippen LogP contribution is 2.32. The smallest absolute Gasteiger partial charge is 0.416 e. The minimum atomic E-state index is -4.52. The van der Waals surface area contributed by atoms with Crippen LogP contribution in [-0.2, 0) is 26.9 Å². The van der Waals surface area contributed by atoms with Crippen molar-refractivity contribution >= 4 is 11.9 Å². The molecule has 0 spiro atoms. The number of amides is 1. The first-order valence-corrected chi connectivity index (χ1v) is 8.33. The highest BCUT2D eigenvalue weighted by molar-refractivity contribution is 5.84. The first-order valence-electron chi connectivity index (χ1n) is 8.33. The van der Waals surface area contributed by atoms with Crippen molar-refractivity contribution in [1.29, 1.82) is 0 Å². The molecule has 4 nitrogen and oxygen atoms in total. The third kappa shape index (κ3) is 5.47.